The lowest BCUT2D eigenvalue weighted by atomic mass is 10.1. The number of rotatable bonds is 11. The van der Waals surface area contributed by atoms with E-state index in [1.165, 1.54) is 52.1 Å². The first-order valence-electron chi connectivity index (χ1n) is 8.06. The molecule has 0 aromatic carbocycles. The maximum atomic E-state index is 11.4. The van der Waals surface area contributed by atoms with Gasteiger partial charge in [0.25, 0.3) is 0 Å². The largest absolute Gasteiger partial charge is 0.464 e. The first-order chi connectivity index (χ1) is 10.3. The van der Waals surface area contributed by atoms with Crippen LogP contribution in [0.2, 0.25) is 0 Å². The summed E-state index contributed by atoms with van der Waals surface area (Å²) in [6.07, 6.45) is 12.1. The molecular formula is C17H28N2O2. The van der Waals surface area contributed by atoms with Crippen molar-refractivity contribution in [3.8, 4) is 0 Å². The minimum atomic E-state index is -0.397. The van der Waals surface area contributed by atoms with Crippen molar-refractivity contribution in [3.05, 3.63) is 24.0 Å². The van der Waals surface area contributed by atoms with E-state index in [1.807, 2.05) is 6.07 Å². The molecule has 0 bridgehead atoms. The van der Waals surface area contributed by atoms with Gasteiger partial charge in [0.05, 0.1) is 7.11 Å². The minimum Gasteiger partial charge on any atom is -0.464 e. The number of carbonyl (C=O) groups excluding carboxylic acids is 1. The Kier molecular flexibility index (Phi) is 9.25. The summed E-state index contributed by atoms with van der Waals surface area (Å²) >= 11 is 0. The molecule has 4 heteroatoms. The summed E-state index contributed by atoms with van der Waals surface area (Å²) < 4.78 is 4.66. The van der Waals surface area contributed by atoms with Crippen LogP contribution >= 0.6 is 0 Å². The zero-order chi connectivity index (χ0) is 15.3. The molecule has 0 atom stereocenters. The molecular weight excluding hydrogens is 264 g/mol. The monoisotopic (exact) mass is 292 g/mol. The van der Waals surface area contributed by atoms with Crippen molar-refractivity contribution in [2.45, 2.75) is 58.3 Å². The lowest BCUT2D eigenvalue weighted by molar-refractivity contribution is 0.0594. The Morgan fingerprint density at radius 3 is 2.48 bits per heavy atom. The van der Waals surface area contributed by atoms with Gasteiger partial charge in [-0.1, -0.05) is 51.9 Å². The van der Waals surface area contributed by atoms with Crippen LogP contribution in [0.4, 0.5) is 5.69 Å². The first kappa shape index (κ1) is 17.5. The lowest BCUT2D eigenvalue weighted by Crippen LogP contribution is -2.06. The summed E-state index contributed by atoms with van der Waals surface area (Å²) in [5.41, 5.74) is 1.27. The third-order valence-corrected chi connectivity index (χ3v) is 3.51. The van der Waals surface area contributed by atoms with Crippen molar-refractivity contribution in [2.75, 3.05) is 19.0 Å². The zero-order valence-corrected chi connectivity index (χ0v) is 13.4. The molecule has 1 rings (SSSR count). The number of nitrogens with zero attached hydrogens (tertiary/aromatic N) is 1. The van der Waals surface area contributed by atoms with Crippen molar-refractivity contribution < 1.29 is 9.53 Å². The number of hydrogen-bond acceptors (Lipinski definition) is 4. The average molecular weight is 292 g/mol. The van der Waals surface area contributed by atoms with E-state index in [4.69, 9.17) is 0 Å². The van der Waals surface area contributed by atoms with Gasteiger partial charge < -0.3 is 10.1 Å². The van der Waals surface area contributed by atoms with Crippen LogP contribution in [-0.4, -0.2) is 24.6 Å². The molecule has 0 saturated heterocycles. The fourth-order valence-electron chi connectivity index (χ4n) is 2.25. The number of nitrogens with one attached hydrogen (secondary N) is 1. The van der Waals surface area contributed by atoms with Crippen molar-refractivity contribution >= 4 is 11.7 Å². The van der Waals surface area contributed by atoms with E-state index in [-0.39, 0.29) is 0 Å². The number of ether oxygens (including phenoxy) is 1. The molecule has 0 aliphatic rings. The number of carbonyl (C=O) groups is 1. The number of pyridine rings is 1. The predicted molar refractivity (Wildman–Crippen MR) is 86.7 cm³/mol. The van der Waals surface area contributed by atoms with E-state index in [2.05, 4.69) is 22.0 Å². The molecule has 0 radical (unpaired) electrons. The number of anilines is 1. The second-order valence-corrected chi connectivity index (χ2v) is 5.32. The Balaban J connectivity index is 2.11. The number of hydrogen-bond donors (Lipinski definition) is 1. The molecule has 0 aliphatic carbocycles. The van der Waals surface area contributed by atoms with Crippen LogP contribution < -0.4 is 5.32 Å². The predicted octanol–water partition coefficient (Wildman–Crippen LogP) is 4.42. The van der Waals surface area contributed by atoms with Crippen LogP contribution in [0.3, 0.4) is 0 Å². The van der Waals surface area contributed by atoms with Crippen molar-refractivity contribution in [3.63, 3.8) is 0 Å². The molecule has 1 aromatic heterocycles. The summed E-state index contributed by atoms with van der Waals surface area (Å²) in [6, 6.07) is 3.60. The normalized spacial score (nSPS) is 10.4. The van der Waals surface area contributed by atoms with Crippen LogP contribution in [0.1, 0.15) is 68.8 Å². The van der Waals surface area contributed by atoms with Crippen molar-refractivity contribution in [2.24, 2.45) is 0 Å². The van der Waals surface area contributed by atoms with E-state index in [1.54, 1.807) is 12.3 Å². The van der Waals surface area contributed by atoms with Gasteiger partial charge in [0.1, 0.15) is 5.69 Å². The van der Waals surface area contributed by atoms with Gasteiger partial charge in [-0.15, -0.1) is 0 Å². The van der Waals surface area contributed by atoms with Crippen molar-refractivity contribution in [1.29, 1.82) is 0 Å². The smallest absolute Gasteiger partial charge is 0.356 e. The minimum absolute atomic E-state index is 0.346. The SMILES string of the molecule is CCCCCCCCCCNc1ccnc(C(=O)OC)c1. The van der Waals surface area contributed by atoms with E-state index in [0.29, 0.717) is 5.69 Å². The Morgan fingerprint density at radius 1 is 1.14 bits per heavy atom. The molecule has 0 amide bonds. The molecule has 118 valence electrons. The lowest BCUT2D eigenvalue weighted by Gasteiger charge is -2.07. The van der Waals surface area contributed by atoms with Gasteiger partial charge in [-0.05, 0) is 18.6 Å². The summed E-state index contributed by atoms with van der Waals surface area (Å²) in [7, 11) is 1.37. The van der Waals surface area contributed by atoms with Gasteiger partial charge in [-0.25, -0.2) is 9.78 Å². The molecule has 1 heterocycles. The topological polar surface area (TPSA) is 51.2 Å². The summed E-state index contributed by atoms with van der Waals surface area (Å²) in [5, 5.41) is 3.33. The third-order valence-electron chi connectivity index (χ3n) is 3.51. The van der Waals surface area contributed by atoms with Crippen LogP contribution in [-0.2, 0) is 4.74 Å². The second-order valence-electron chi connectivity index (χ2n) is 5.32. The standard InChI is InChI=1S/C17H28N2O2/c1-3-4-5-6-7-8-9-10-12-18-15-11-13-19-16(14-15)17(20)21-2/h11,13-14H,3-10,12H2,1-2H3,(H,18,19). The highest BCUT2D eigenvalue weighted by Crippen LogP contribution is 2.11. The summed E-state index contributed by atoms with van der Waals surface area (Å²) in [4.78, 5) is 15.4. The number of unbranched alkanes of at least 4 members (excludes halogenated alkanes) is 7. The van der Waals surface area contributed by atoms with E-state index in [9.17, 15) is 4.79 Å². The van der Waals surface area contributed by atoms with Gasteiger partial charge >= 0.3 is 5.97 Å². The maximum absolute atomic E-state index is 11.4. The Labute approximate surface area is 128 Å². The highest BCUT2D eigenvalue weighted by molar-refractivity contribution is 5.88. The molecule has 1 N–H and O–H groups in total. The van der Waals surface area contributed by atoms with E-state index in [0.717, 1.165) is 18.7 Å². The molecule has 1 aromatic rings. The summed E-state index contributed by atoms with van der Waals surface area (Å²) in [5.74, 6) is -0.397. The van der Waals surface area contributed by atoms with Crippen LogP contribution in [0, 0.1) is 0 Å². The van der Waals surface area contributed by atoms with Crippen molar-refractivity contribution in [1.82, 2.24) is 4.98 Å². The molecule has 4 nitrogen and oxygen atoms in total. The van der Waals surface area contributed by atoms with Crippen LogP contribution in [0.5, 0.6) is 0 Å². The van der Waals surface area contributed by atoms with Gasteiger partial charge in [0, 0.05) is 18.4 Å². The maximum Gasteiger partial charge on any atom is 0.356 e. The Bertz CT molecular complexity index is 408. The summed E-state index contributed by atoms with van der Waals surface area (Å²) in [6.45, 7) is 3.18. The first-order valence-corrected chi connectivity index (χ1v) is 8.06. The van der Waals surface area contributed by atoms with E-state index < -0.39 is 5.97 Å². The third kappa shape index (κ3) is 7.69. The zero-order valence-electron chi connectivity index (χ0n) is 13.4. The molecule has 0 saturated carbocycles. The number of aromatic nitrogens is 1. The van der Waals surface area contributed by atoms with E-state index >= 15 is 0 Å². The van der Waals surface area contributed by atoms with Gasteiger partial charge in [0.2, 0.25) is 0 Å². The average Bonchev–Trinajstić information content (AvgIpc) is 2.53. The van der Waals surface area contributed by atoms with Crippen LogP contribution in [0.25, 0.3) is 0 Å². The molecule has 0 fully saturated rings. The highest BCUT2D eigenvalue weighted by Gasteiger charge is 2.06. The highest BCUT2D eigenvalue weighted by atomic mass is 16.5. The fraction of sp³-hybridized carbons (Fsp3) is 0.647. The molecule has 21 heavy (non-hydrogen) atoms. The Hall–Kier alpha value is -1.58. The fourth-order valence-corrected chi connectivity index (χ4v) is 2.25. The molecule has 0 aliphatic heterocycles. The molecule has 0 unspecified atom stereocenters. The number of esters is 1. The molecule has 0 spiro atoms. The number of methoxy groups -OCH3 is 1. The van der Waals surface area contributed by atoms with Gasteiger partial charge in [-0.2, -0.15) is 0 Å². The Morgan fingerprint density at radius 2 is 1.81 bits per heavy atom. The van der Waals surface area contributed by atoms with Crippen LogP contribution in [0.15, 0.2) is 18.3 Å². The van der Waals surface area contributed by atoms with Gasteiger partial charge in [-0.3, -0.25) is 0 Å². The van der Waals surface area contributed by atoms with Gasteiger partial charge in [0.15, 0.2) is 0 Å². The quantitative estimate of drug-likeness (QED) is 0.484. The second kappa shape index (κ2) is 11.1.